The van der Waals surface area contributed by atoms with Crippen LogP contribution < -0.4 is 15.0 Å². The van der Waals surface area contributed by atoms with Gasteiger partial charge in [-0.15, -0.1) is 5.10 Å². The maximum absolute atomic E-state index is 13.2. The number of pyridine rings is 1. The largest absolute Gasteiger partial charge is 0.497 e. The van der Waals surface area contributed by atoms with Crippen LogP contribution in [0.15, 0.2) is 83.7 Å². The summed E-state index contributed by atoms with van der Waals surface area (Å²) in [5, 5.41) is 13.8. The first-order chi connectivity index (χ1) is 19.4. The van der Waals surface area contributed by atoms with Gasteiger partial charge in [0, 0.05) is 29.6 Å². The Balaban J connectivity index is 1.53. The van der Waals surface area contributed by atoms with Crippen LogP contribution in [0, 0.1) is 5.92 Å². The average Bonchev–Trinajstić information content (AvgIpc) is 3.41. The van der Waals surface area contributed by atoms with Gasteiger partial charge >= 0.3 is 0 Å². The number of nitrogens with one attached hydrogen (secondary N) is 1. The number of tetrazole rings is 1. The summed E-state index contributed by atoms with van der Waals surface area (Å²) in [7, 11) is 3.29. The quantitative estimate of drug-likeness (QED) is 0.253. The molecule has 5 rings (SSSR count). The fourth-order valence-corrected chi connectivity index (χ4v) is 5.09. The molecular formula is C31H34N6O3. The predicted octanol–water partition coefficient (Wildman–Crippen LogP) is 4.98. The van der Waals surface area contributed by atoms with Crippen molar-refractivity contribution in [2.75, 3.05) is 14.2 Å². The molecule has 5 aromatic rings. The van der Waals surface area contributed by atoms with Crippen LogP contribution in [0.1, 0.15) is 42.4 Å². The lowest BCUT2D eigenvalue weighted by Gasteiger charge is -2.33. The predicted molar refractivity (Wildman–Crippen MR) is 154 cm³/mol. The molecule has 0 amide bonds. The molecule has 0 aliphatic heterocycles. The number of methoxy groups -OCH3 is 2. The lowest BCUT2D eigenvalue weighted by atomic mass is 9.99. The van der Waals surface area contributed by atoms with E-state index in [2.05, 4.69) is 51.4 Å². The van der Waals surface area contributed by atoms with Crippen LogP contribution >= 0.6 is 0 Å². The number of hydrogen-bond acceptors (Lipinski definition) is 7. The van der Waals surface area contributed by atoms with Crippen LogP contribution in [0.3, 0.4) is 0 Å². The van der Waals surface area contributed by atoms with Gasteiger partial charge in [-0.1, -0.05) is 56.3 Å². The Morgan fingerprint density at radius 3 is 2.30 bits per heavy atom. The van der Waals surface area contributed by atoms with Gasteiger partial charge in [0.2, 0.25) is 0 Å². The lowest BCUT2D eigenvalue weighted by molar-refractivity contribution is 0.126. The molecule has 2 aromatic heterocycles. The first-order valence-corrected chi connectivity index (χ1v) is 13.3. The van der Waals surface area contributed by atoms with Crippen molar-refractivity contribution < 1.29 is 9.47 Å². The third-order valence-electron chi connectivity index (χ3n) is 7.07. The molecule has 9 heteroatoms. The minimum atomic E-state index is -0.158. The molecule has 0 radical (unpaired) electrons. The first kappa shape index (κ1) is 27.1. The second-order valence-electron chi connectivity index (χ2n) is 10.2. The van der Waals surface area contributed by atoms with E-state index in [4.69, 9.17) is 9.47 Å². The molecule has 1 atom stereocenters. The number of aromatic nitrogens is 5. The molecule has 3 aromatic carbocycles. The molecular weight excluding hydrogens is 504 g/mol. The highest BCUT2D eigenvalue weighted by molar-refractivity contribution is 5.80. The summed E-state index contributed by atoms with van der Waals surface area (Å²) in [6.45, 7) is 5.87. The van der Waals surface area contributed by atoms with Gasteiger partial charge in [0.1, 0.15) is 11.5 Å². The number of H-pyrrole nitrogens is 1. The van der Waals surface area contributed by atoms with E-state index in [1.54, 1.807) is 14.2 Å². The van der Waals surface area contributed by atoms with E-state index >= 15 is 0 Å². The minimum Gasteiger partial charge on any atom is -0.497 e. The Hall–Kier alpha value is -4.50. The summed E-state index contributed by atoms with van der Waals surface area (Å²) in [6, 6.07) is 25.6. The zero-order valence-electron chi connectivity index (χ0n) is 23.2. The molecule has 0 saturated heterocycles. The minimum absolute atomic E-state index is 0.115. The fourth-order valence-electron chi connectivity index (χ4n) is 5.09. The van der Waals surface area contributed by atoms with E-state index in [0.717, 1.165) is 39.4 Å². The summed E-state index contributed by atoms with van der Waals surface area (Å²) >= 11 is 0. The van der Waals surface area contributed by atoms with Gasteiger partial charge in [-0.25, -0.2) is 4.68 Å². The number of fused-ring (bicyclic) bond motifs is 1. The third-order valence-corrected chi connectivity index (χ3v) is 7.07. The van der Waals surface area contributed by atoms with Crippen molar-refractivity contribution in [2.24, 2.45) is 5.92 Å². The maximum Gasteiger partial charge on any atom is 0.252 e. The highest BCUT2D eigenvalue weighted by Crippen LogP contribution is 2.31. The Kier molecular flexibility index (Phi) is 8.21. The van der Waals surface area contributed by atoms with Crippen molar-refractivity contribution >= 4 is 10.9 Å². The van der Waals surface area contributed by atoms with Crippen molar-refractivity contribution in [3.05, 3.63) is 112 Å². The Morgan fingerprint density at radius 2 is 1.60 bits per heavy atom. The van der Waals surface area contributed by atoms with E-state index in [1.807, 2.05) is 71.4 Å². The van der Waals surface area contributed by atoms with Crippen LogP contribution in [0.2, 0.25) is 0 Å². The number of benzene rings is 3. The fraction of sp³-hybridized carbons (Fsp3) is 0.290. The molecule has 2 heterocycles. The van der Waals surface area contributed by atoms with E-state index in [1.165, 1.54) is 0 Å². The van der Waals surface area contributed by atoms with Crippen molar-refractivity contribution in [2.45, 2.75) is 39.5 Å². The van der Waals surface area contributed by atoms with Gasteiger partial charge in [-0.3, -0.25) is 9.69 Å². The number of hydrogen-bond donors (Lipinski definition) is 1. The van der Waals surface area contributed by atoms with Crippen LogP contribution in [0.25, 0.3) is 10.9 Å². The van der Waals surface area contributed by atoms with Crippen molar-refractivity contribution in [1.29, 1.82) is 0 Å². The highest BCUT2D eigenvalue weighted by Gasteiger charge is 2.30. The topological polar surface area (TPSA) is 98.2 Å². The van der Waals surface area contributed by atoms with E-state index < -0.39 is 0 Å². The van der Waals surface area contributed by atoms with Gasteiger partial charge in [-0.05, 0) is 63.9 Å². The van der Waals surface area contributed by atoms with E-state index in [0.29, 0.717) is 25.2 Å². The van der Waals surface area contributed by atoms with Crippen molar-refractivity contribution in [3.63, 3.8) is 0 Å². The van der Waals surface area contributed by atoms with Gasteiger partial charge in [-0.2, -0.15) is 0 Å². The summed E-state index contributed by atoms with van der Waals surface area (Å²) in [4.78, 5) is 18.6. The molecule has 0 saturated carbocycles. The molecule has 0 unspecified atom stereocenters. The summed E-state index contributed by atoms with van der Waals surface area (Å²) in [6.07, 6.45) is 0. The summed E-state index contributed by atoms with van der Waals surface area (Å²) in [5.41, 5.74) is 3.52. The maximum atomic E-state index is 13.2. The smallest absolute Gasteiger partial charge is 0.252 e. The molecule has 0 bridgehead atoms. The van der Waals surface area contributed by atoms with Crippen molar-refractivity contribution in [3.8, 4) is 11.5 Å². The second kappa shape index (κ2) is 12.1. The summed E-state index contributed by atoms with van der Waals surface area (Å²) in [5.74, 6) is 2.45. The Morgan fingerprint density at radius 1 is 0.875 bits per heavy atom. The first-order valence-electron chi connectivity index (χ1n) is 13.3. The van der Waals surface area contributed by atoms with Gasteiger partial charge in [0.25, 0.3) is 5.56 Å². The molecule has 0 aliphatic carbocycles. The molecule has 0 aliphatic rings. The summed E-state index contributed by atoms with van der Waals surface area (Å²) < 4.78 is 12.6. The molecule has 206 valence electrons. The zero-order chi connectivity index (χ0) is 28.1. The number of aromatic amines is 1. The lowest BCUT2D eigenvalue weighted by Crippen LogP contribution is -2.35. The third kappa shape index (κ3) is 6.05. The number of nitrogens with zero attached hydrogens (tertiary/aromatic N) is 5. The van der Waals surface area contributed by atoms with Crippen LogP contribution in [-0.2, 0) is 19.6 Å². The normalized spacial score (nSPS) is 12.2. The zero-order valence-corrected chi connectivity index (χ0v) is 23.2. The van der Waals surface area contributed by atoms with E-state index in [9.17, 15) is 4.79 Å². The van der Waals surface area contributed by atoms with E-state index in [-0.39, 0.29) is 17.5 Å². The van der Waals surface area contributed by atoms with Gasteiger partial charge in [0.05, 0.1) is 26.8 Å². The Bertz CT molecular complexity index is 1610. The number of ether oxygens (including phenoxy) is 2. The van der Waals surface area contributed by atoms with Crippen LogP contribution in [0.5, 0.6) is 11.5 Å². The molecule has 40 heavy (non-hydrogen) atoms. The second-order valence-corrected chi connectivity index (χ2v) is 10.2. The molecule has 0 spiro atoms. The molecule has 9 nitrogen and oxygen atoms in total. The van der Waals surface area contributed by atoms with Gasteiger partial charge < -0.3 is 14.5 Å². The molecule has 0 fully saturated rings. The van der Waals surface area contributed by atoms with Gasteiger partial charge in [0.15, 0.2) is 5.82 Å². The highest BCUT2D eigenvalue weighted by atomic mass is 16.5. The molecule has 1 N–H and O–H groups in total. The number of rotatable bonds is 11. The van der Waals surface area contributed by atoms with Crippen LogP contribution in [-0.4, -0.2) is 44.3 Å². The van der Waals surface area contributed by atoms with Crippen LogP contribution in [0.4, 0.5) is 0 Å². The Labute approximate surface area is 233 Å². The average molecular weight is 539 g/mol. The standard InChI is InChI=1S/C31H34N6O3/c1-21(2)29(30-33-34-35-37(30)19-23-10-12-26(39-3)13-11-23)36(18-22-8-6-5-7-9-22)20-25-16-24-17-27(40-4)14-15-28(24)32-31(25)38/h5-17,21,29H,18-20H2,1-4H3,(H,32,38)/t29-/m0/s1. The SMILES string of the molecule is COc1ccc(Cn2nnnc2[C@H](C(C)C)N(Cc2ccccc2)Cc2cc3cc(OC)ccc3[nH]c2=O)cc1. The van der Waals surface area contributed by atoms with Crippen molar-refractivity contribution in [1.82, 2.24) is 30.1 Å². The monoisotopic (exact) mass is 538 g/mol.